The van der Waals surface area contributed by atoms with Gasteiger partial charge >= 0.3 is 0 Å². The number of amides is 6. The zero-order valence-electron chi connectivity index (χ0n) is 42.2. The summed E-state index contributed by atoms with van der Waals surface area (Å²) in [5, 5.41) is 29.3. The molecule has 0 aliphatic carbocycles. The second kappa shape index (κ2) is 25.5. The maximum absolute atomic E-state index is 12.7. The van der Waals surface area contributed by atoms with E-state index in [1.165, 1.54) is 32.1 Å². The molecule has 0 saturated heterocycles. The van der Waals surface area contributed by atoms with Gasteiger partial charge in [-0.3, -0.25) is 42.8 Å². The van der Waals surface area contributed by atoms with Crippen LogP contribution in [0.4, 0.5) is 17.1 Å². The van der Waals surface area contributed by atoms with Gasteiger partial charge in [0.25, 0.3) is 23.6 Å². The molecule has 0 saturated carbocycles. The summed E-state index contributed by atoms with van der Waals surface area (Å²) >= 11 is 5.51. The van der Waals surface area contributed by atoms with Crippen molar-refractivity contribution in [2.75, 3.05) is 21.8 Å². The van der Waals surface area contributed by atoms with E-state index < -0.39 is 0 Å². The lowest BCUT2D eigenvalue weighted by atomic mass is 10.1. The molecule has 0 aliphatic rings. The van der Waals surface area contributed by atoms with E-state index in [1.807, 2.05) is 99.6 Å². The summed E-state index contributed by atoms with van der Waals surface area (Å²) < 4.78 is 4.41. The van der Waals surface area contributed by atoms with Crippen molar-refractivity contribution in [2.24, 2.45) is 21.1 Å². The van der Waals surface area contributed by atoms with Crippen molar-refractivity contribution in [1.29, 1.82) is 0 Å². The summed E-state index contributed by atoms with van der Waals surface area (Å²) in [5.74, 6) is -1.94. The number of aromatic nitrogens is 6. The molecule has 0 fully saturated rings. The Morgan fingerprint density at radius 3 is 1.08 bits per heavy atom. The number of rotatable bonds is 14. The van der Waals surface area contributed by atoms with Crippen LogP contribution in [0.25, 0.3) is 0 Å². The van der Waals surface area contributed by atoms with Crippen LogP contribution in [0.1, 0.15) is 99.2 Å². The Morgan fingerprint density at radius 1 is 0.444 bits per heavy atom. The minimum atomic E-state index is -0.379. The highest BCUT2D eigenvalue weighted by molar-refractivity contribution is 6.29. The monoisotopic (exact) mass is 996 g/mol. The molecule has 376 valence electrons. The second-order valence-electron chi connectivity index (χ2n) is 17.0. The van der Waals surface area contributed by atoms with Gasteiger partial charge in [-0.15, -0.1) is 11.6 Å². The lowest BCUT2D eigenvalue weighted by Gasteiger charge is -2.10. The van der Waals surface area contributed by atoms with E-state index >= 15 is 0 Å². The van der Waals surface area contributed by atoms with Crippen LogP contribution in [-0.2, 0) is 50.4 Å². The molecule has 0 bridgehead atoms. The Labute approximate surface area is 423 Å². The zero-order chi connectivity index (χ0) is 52.6. The summed E-state index contributed by atoms with van der Waals surface area (Å²) in [6.07, 6.45) is 0. The molecule has 7 rings (SSSR count). The van der Waals surface area contributed by atoms with Crippen molar-refractivity contribution >= 4 is 64.1 Å². The van der Waals surface area contributed by atoms with E-state index in [0.717, 1.165) is 22.3 Å². The summed E-state index contributed by atoms with van der Waals surface area (Å²) in [4.78, 5) is 72.9. The third-order valence-corrected chi connectivity index (χ3v) is 11.2. The van der Waals surface area contributed by atoms with E-state index in [4.69, 9.17) is 11.6 Å². The van der Waals surface area contributed by atoms with Crippen molar-refractivity contribution in [3.63, 3.8) is 0 Å². The van der Waals surface area contributed by atoms with Gasteiger partial charge < -0.3 is 31.9 Å². The van der Waals surface area contributed by atoms with Gasteiger partial charge in [0.05, 0.1) is 34.1 Å². The third-order valence-electron chi connectivity index (χ3n) is 11.0. The van der Waals surface area contributed by atoms with Crippen LogP contribution < -0.4 is 31.9 Å². The van der Waals surface area contributed by atoms with E-state index in [2.05, 4.69) is 47.2 Å². The van der Waals surface area contributed by atoms with Crippen LogP contribution in [-0.4, -0.2) is 70.7 Å². The lowest BCUT2D eigenvalue weighted by molar-refractivity contribution is -0.114. The number of nitrogens with one attached hydrogen (secondary N) is 6. The van der Waals surface area contributed by atoms with Crippen molar-refractivity contribution in [1.82, 2.24) is 45.3 Å². The predicted molar refractivity (Wildman–Crippen MR) is 279 cm³/mol. The topological polar surface area (TPSA) is 228 Å². The van der Waals surface area contributed by atoms with Crippen LogP contribution in [0.3, 0.4) is 0 Å². The predicted octanol–water partition coefficient (Wildman–Crippen LogP) is 7.29. The Balaban J connectivity index is 0.000000202. The molecule has 7 aromatic rings. The molecule has 4 aromatic carbocycles. The average Bonchev–Trinajstić information content (AvgIpc) is 3.92. The van der Waals surface area contributed by atoms with Crippen molar-refractivity contribution in [3.05, 3.63) is 176 Å². The highest BCUT2D eigenvalue weighted by Crippen LogP contribution is 2.23. The highest BCUT2D eigenvalue weighted by atomic mass is 35.5. The quantitative estimate of drug-likeness (QED) is 0.0601. The highest BCUT2D eigenvalue weighted by Gasteiger charge is 2.24. The van der Waals surface area contributed by atoms with Gasteiger partial charge in [-0.1, -0.05) is 108 Å². The minimum Gasteiger partial charge on any atom is -0.347 e. The number of alkyl halides is 1. The number of carbonyl (C=O) groups is 6. The van der Waals surface area contributed by atoms with Gasteiger partial charge in [0.1, 0.15) is 23.0 Å². The van der Waals surface area contributed by atoms with Crippen molar-refractivity contribution in [2.45, 2.75) is 68.1 Å². The van der Waals surface area contributed by atoms with Crippen LogP contribution >= 0.6 is 11.6 Å². The van der Waals surface area contributed by atoms with E-state index in [-0.39, 0.29) is 41.3 Å². The van der Waals surface area contributed by atoms with Crippen molar-refractivity contribution < 1.29 is 28.8 Å². The fourth-order valence-electron chi connectivity index (χ4n) is 7.24. The van der Waals surface area contributed by atoms with Crippen LogP contribution in [0.5, 0.6) is 0 Å². The molecule has 72 heavy (non-hydrogen) atoms. The molecule has 19 heteroatoms. The van der Waals surface area contributed by atoms with Gasteiger partial charge in [0.2, 0.25) is 11.8 Å². The van der Waals surface area contributed by atoms with Crippen molar-refractivity contribution in [3.8, 4) is 0 Å². The number of aryl methyl sites for hydroxylation is 9. The van der Waals surface area contributed by atoms with Gasteiger partial charge in [0, 0.05) is 53.3 Å². The van der Waals surface area contributed by atoms with E-state index in [0.29, 0.717) is 76.4 Å². The van der Waals surface area contributed by atoms with Gasteiger partial charge in [-0.05, 0) is 70.4 Å². The molecule has 3 heterocycles. The summed E-state index contributed by atoms with van der Waals surface area (Å²) in [7, 11) is 5.02. The zero-order valence-corrected chi connectivity index (χ0v) is 42.9. The second-order valence-corrected chi connectivity index (χ2v) is 17.3. The minimum absolute atomic E-state index is 0.182. The number of hydrogen-bond acceptors (Lipinski definition) is 9. The molecule has 18 nitrogen and oxygen atoms in total. The van der Waals surface area contributed by atoms with Crippen LogP contribution in [0.2, 0.25) is 0 Å². The standard InChI is InChI=1S/C21H22N4O2.C16H19ClN4O2.C16H20N4O2/c1-14-9-11-16(12-10-14)13-22-21(27)19-18(15(2)24-25(19)3)23-20(26)17-7-5-4-6-8-17;1-10-4-6-12(7-5-10)9-18-16(23)15-14(19-13(22)8-17)11(2)20-21(15)3;1-10-5-7-13(8-6-10)9-17-16(22)15-14(18-12(3)21)11(2)19-20(15)4/h4-12H,13H2,1-3H3,(H,22,27)(H,23,26);4-7H,8-9H2,1-3H3,(H,18,23)(H,19,22);5-8H,9H2,1-4H3,(H,17,22)(H,18,21). The first-order chi connectivity index (χ1) is 34.3. The smallest absolute Gasteiger partial charge is 0.271 e. The van der Waals surface area contributed by atoms with Gasteiger partial charge in [-0.25, -0.2) is 0 Å². The summed E-state index contributed by atoms with van der Waals surface area (Å²) in [5.41, 5.74) is 11.0. The molecule has 0 atom stereocenters. The number of anilines is 3. The molecule has 0 radical (unpaired) electrons. The summed E-state index contributed by atoms with van der Waals surface area (Å²) in [6, 6.07) is 32.7. The first kappa shape index (κ1) is 54.6. The normalized spacial score (nSPS) is 10.4. The first-order valence-corrected chi connectivity index (χ1v) is 23.4. The number of benzene rings is 4. The number of hydrogen-bond donors (Lipinski definition) is 6. The van der Waals surface area contributed by atoms with Gasteiger partial charge in [-0.2, -0.15) is 15.3 Å². The molecule has 6 amide bonds. The van der Waals surface area contributed by atoms with E-state index in [1.54, 1.807) is 66.2 Å². The number of nitrogens with zero attached hydrogens (tertiary/aromatic N) is 6. The number of halogens is 1. The van der Waals surface area contributed by atoms with Crippen LogP contribution in [0, 0.1) is 41.5 Å². The Hall–Kier alpha value is -8.38. The third kappa shape index (κ3) is 15.1. The lowest BCUT2D eigenvalue weighted by Crippen LogP contribution is -2.27. The molecule has 0 spiro atoms. The molecule has 6 N–H and O–H groups in total. The SMILES string of the molecule is CC(=O)Nc1c(C)nn(C)c1C(=O)NCc1ccc(C)cc1.Cc1ccc(CNC(=O)c2c(NC(=O)CCl)c(C)nn2C)cc1.Cc1ccc(CNC(=O)c2c(NC(=O)c3ccccc3)c(C)nn2C)cc1. The maximum atomic E-state index is 12.7. The molecule has 0 unspecified atom stereocenters. The Bertz CT molecular complexity index is 3030. The summed E-state index contributed by atoms with van der Waals surface area (Å²) in [6.45, 7) is 13.9. The molecular formula is C53H61ClN12O6. The van der Waals surface area contributed by atoms with Gasteiger partial charge in [0.15, 0.2) is 0 Å². The fraction of sp³-hybridized carbons (Fsp3) is 0.264. The molecular weight excluding hydrogens is 936 g/mol. The first-order valence-electron chi connectivity index (χ1n) is 22.9. The number of carbonyl (C=O) groups excluding carboxylic acids is 6. The fourth-order valence-corrected chi connectivity index (χ4v) is 7.31. The molecule has 0 aliphatic heterocycles. The largest absolute Gasteiger partial charge is 0.347 e. The van der Waals surface area contributed by atoms with Crippen LogP contribution in [0.15, 0.2) is 103 Å². The average molecular weight is 998 g/mol. The van der Waals surface area contributed by atoms with E-state index in [9.17, 15) is 28.8 Å². The Kier molecular flexibility index (Phi) is 19.3. The Morgan fingerprint density at radius 2 is 0.764 bits per heavy atom. The maximum Gasteiger partial charge on any atom is 0.271 e. The molecule has 3 aromatic heterocycles.